The lowest BCUT2D eigenvalue weighted by Crippen LogP contribution is -2.25. The molecule has 2 amide bonds. The van der Waals surface area contributed by atoms with Crippen molar-refractivity contribution in [3.8, 4) is 17.0 Å². The summed E-state index contributed by atoms with van der Waals surface area (Å²) in [5.74, 6) is 0.422. The maximum absolute atomic E-state index is 12.6. The molecule has 7 heteroatoms. The largest absolute Gasteiger partial charge is 0.411 e. The van der Waals surface area contributed by atoms with Crippen molar-refractivity contribution in [2.75, 3.05) is 6.54 Å². The van der Waals surface area contributed by atoms with Crippen LogP contribution in [0.5, 0.6) is 5.75 Å². The van der Waals surface area contributed by atoms with Gasteiger partial charge in [0.15, 0.2) is 0 Å². The maximum Gasteiger partial charge on any atom is 0.409 e. The molecule has 0 bridgehead atoms. The summed E-state index contributed by atoms with van der Waals surface area (Å²) in [6, 6.07) is 23.4. The molecule has 0 saturated carbocycles. The molecule has 5 N–H and O–H groups in total. The number of carbonyl (C=O) groups is 2. The van der Waals surface area contributed by atoms with Gasteiger partial charge in [-0.15, -0.1) is 0 Å². The molecule has 0 atom stereocenters. The third-order valence-corrected chi connectivity index (χ3v) is 6.17. The number of aromatic amines is 2. The zero-order chi connectivity index (χ0) is 24.2. The Balaban J connectivity index is 1.26. The lowest BCUT2D eigenvalue weighted by molar-refractivity contribution is -0.121. The van der Waals surface area contributed by atoms with Crippen LogP contribution in [0.4, 0.5) is 4.79 Å². The number of ether oxygens (including phenoxy) is 1. The van der Waals surface area contributed by atoms with E-state index in [0.717, 1.165) is 44.2 Å². The normalized spacial score (nSPS) is 11.1. The first-order valence-corrected chi connectivity index (χ1v) is 11.6. The van der Waals surface area contributed by atoms with Gasteiger partial charge in [-0.2, -0.15) is 0 Å². The number of carbonyl (C=O) groups excluding carboxylic acids is 2. The van der Waals surface area contributed by atoms with Crippen LogP contribution < -0.4 is 15.8 Å². The molecule has 0 spiro atoms. The van der Waals surface area contributed by atoms with E-state index >= 15 is 0 Å². The summed E-state index contributed by atoms with van der Waals surface area (Å²) < 4.78 is 4.94. The fourth-order valence-corrected chi connectivity index (χ4v) is 4.51. The zero-order valence-corrected chi connectivity index (χ0v) is 19.1. The number of fused-ring (bicyclic) bond motifs is 2. The molecule has 7 nitrogen and oxygen atoms in total. The smallest absolute Gasteiger partial charge is 0.409 e. The van der Waals surface area contributed by atoms with E-state index in [1.807, 2.05) is 54.7 Å². The average Bonchev–Trinajstić information content (AvgIpc) is 3.44. The van der Waals surface area contributed by atoms with Gasteiger partial charge in [0, 0.05) is 46.7 Å². The molecule has 0 aliphatic heterocycles. The predicted octanol–water partition coefficient (Wildman–Crippen LogP) is 5.07. The molecule has 0 saturated heterocycles. The number of hydrogen-bond acceptors (Lipinski definition) is 3. The van der Waals surface area contributed by atoms with Gasteiger partial charge < -0.3 is 25.8 Å². The quantitative estimate of drug-likeness (QED) is 0.256. The van der Waals surface area contributed by atoms with Gasteiger partial charge in [0.25, 0.3) is 0 Å². The molecule has 5 aromatic rings. The van der Waals surface area contributed by atoms with E-state index in [2.05, 4.69) is 27.4 Å². The predicted molar refractivity (Wildman–Crippen MR) is 137 cm³/mol. The highest BCUT2D eigenvalue weighted by Gasteiger charge is 2.14. The van der Waals surface area contributed by atoms with Gasteiger partial charge >= 0.3 is 6.09 Å². The highest BCUT2D eigenvalue weighted by atomic mass is 16.5. The summed E-state index contributed by atoms with van der Waals surface area (Å²) in [7, 11) is 0. The lowest BCUT2D eigenvalue weighted by atomic mass is 10.0. The number of aromatic nitrogens is 2. The van der Waals surface area contributed by atoms with Crippen LogP contribution in [0.25, 0.3) is 33.1 Å². The molecular weight excluding hydrogens is 440 g/mol. The Labute approximate surface area is 202 Å². The number of benzene rings is 3. The first-order valence-electron chi connectivity index (χ1n) is 11.6. The van der Waals surface area contributed by atoms with Crippen molar-refractivity contribution < 1.29 is 14.3 Å². The summed E-state index contributed by atoms with van der Waals surface area (Å²) in [6.45, 7) is 0.532. The molecule has 0 aliphatic carbocycles. The van der Waals surface area contributed by atoms with E-state index in [1.54, 1.807) is 12.1 Å². The highest BCUT2D eigenvalue weighted by molar-refractivity contribution is 5.91. The van der Waals surface area contributed by atoms with Crippen molar-refractivity contribution in [1.29, 1.82) is 0 Å². The SMILES string of the molecule is NC(=O)Oc1ccc(-c2[nH]c3ccccc3c2CCNC(=O)CCc2c[nH]c3ccccc23)cc1. The van der Waals surface area contributed by atoms with Gasteiger partial charge in [-0.25, -0.2) is 4.79 Å². The van der Waals surface area contributed by atoms with Gasteiger partial charge in [0.2, 0.25) is 5.91 Å². The Bertz CT molecular complexity index is 1500. The summed E-state index contributed by atoms with van der Waals surface area (Å²) in [5.41, 5.74) is 11.4. The molecule has 3 aromatic carbocycles. The van der Waals surface area contributed by atoms with Crippen molar-refractivity contribution >= 4 is 33.8 Å². The molecule has 0 radical (unpaired) electrons. The van der Waals surface area contributed by atoms with Crippen LogP contribution >= 0.6 is 0 Å². The Hall–Kier alpha value is -4.52. The second-order valence-corrected chi connectivity index (χ2v) is 8.43. The topological polar surface area (TPSA) is 113 Å². The number of rotatable bonds is 8. The third-order valence-electron chi connectivity index (χ3n) is 6.17. The van der Waals surface area contributed by atoms with Crippen LogP contribution in [-0.4, -0.2) is 28.5 Å². The third kappa shape index (κ3) is 4.89. The van der Waals surface area contributed by atoms with Gasteiger partial charge in [0.1, 0.15) is 5.75 Å². The first-order chi connectivity index (χ1) is 17.1. The number of nitrogens with two attached hydrogens (primary N) is 1. The molecule has 2 aromatic heterocycles. The molecule has 176 valence electrons. The van der Waals surface area contributed by atoms with E-state index in [0.29, 0.717) is 31.6 Å². The van der Waals surface area contributed by atoms with Crippen molar-refractivity contribution in [3.63, 3.8) is 0 Å². The number of primary amides is 1. The molecule has 2 heterocycles. The maximum atomic E-state index is 12.6. The van der Waals surface area contributed by atoms with Crippen molar-refractivity contribution in [1.82, 2.24) is 15.3 Å². The van der Waals surface area contributed by atoms with Crippen molar-refractivity contribution in [3.05, 3.63) is 90.1 Å². The Morgan fingerprint density at radius 2 is 1.57 bits per heavy atom. The Kier molecular flexibility index (Phi) is 6.22. The van der Waals surface area contributed by atoms with Gasteiger partial charge in [-0.1, -0.05) is 36.4 Å². The Morgan fingerprint density at radius 1 is 0.857 bits per heavy atom. The van der Waals surface area contributed by atoms with Gasteiger partial charge in [0.05, 0.1) is 0 Å². The number of nitrogens with one attached hydrogen (secondary N) is 3. The fraction of sp³-hybridized carbons (Fsp3) is 0.143. The van der Waals surface area contributed by atoms with E-state index < -0.39 is 6.09 Å². The lowest BCUT2D eigenvalue weighted by Gasteiger charge is -2.08. The standard InChI is InChI=1S/C28H26N4O3/c29-28(34)35-20-12-9-18(10-13-20)27-23(22-6-2-4-8-25(22)32-27)15-16-30-26(33)14-11-19-17-31-24-7-3-1-5-21(19)24/h1-10,12-13,17,31-32H,11,14-16H2,(H2,29,34)(H,30,33). The zero-order valence-electron chi connectivity index (χ0n) is 19.1. The molecule has 5 rings (SSSR count). The monoisotopic (exact) mass is 466 g/mol. The number of aryl methyl sites for hydroxylation is 1. The van der Waals surface area contributed by atoms with Crippen LogP contribution in [0.1, 0.15) is 17.5 Å². The highest BCUT2D eigenvalue weighted by Crippen LogP contribution is 2.31. The van der Waals surface area contributed by atoms with Crippen LogP contribution in [-0.2, 0) is 17.6 Å². The van der Waals surface area contributed by atoms with E-state index in [4.69, 9.17) is 10.5 Å². The summed E-state index contributed by atoms with van der Waals surface area (Å²) in [4.78, 5) is 30.3. The van der Waals surface area contributed by atoms with E-state index in [9.17, 15) is 9.59 Å². The number of para-hydroxylation sites is 2. The minimum atomic E-state index is -0.843. The van der Waals surface area contributed by atoms with Crippen molar-refractivity contribution in [2.45, 2.75) is 19.3 Å². The number of hydrogen-bond donors (Lipinski definition) is 4. The van der Waals surface area contributed by atoms with E-state index in [1.165, 1.54) is 0 Å². The fourth-order valence-electron chi connectivity index (χ4n) is 4.51. The summed E-state index contributed by atoms with van der Waals surface area (Å²) >= 11 is 0. The summed E-state index contributed by atoms with van der Waals surface area (Å²) in [5, 5.41) is 5.35. The molecule has 0 fully saturated rings. The second-order valence-electron chi connectivity index (χ2n) is 8.43. The first kappa shape index (κ1) is 22.3. The van der Waals surface area contributed by atoms with Crippen LogP contribution in [0.3, 0.4) is 0 Å². The number of H-pyrrole nitrogens is 2. The minimum absolute atomic E-state index is 0.0321. The Morgan fingerprint density at radius 3 is 2.34 bits per heavy atom. The van der Waals surface area contributed by atoms with Crippen molar-refractivity contribution in [2.24, 2.45) is 5.73 Å². The molecular formula is C28H26N4O3. The van der Waals surface area contributed by atoms with Crippen LogP contribution in [0, 0.1) is 0 Å². The molecule has 0 unspecified atom stereocenters. The number of amides is 2. The van der Waals surface area contributed by atoms with Crippen LogP contribution in [0.15, 0.2) is 79.0 Å². The molecule has 35 heavy (non-hydrogen) atoms. The molecule has 0 aliphatic rings. The van der Waals surface area contributed by atoms with Crippen LogP contribution in [0.2, 0.25) is 0 Å². The minimum Gasteiger partial charge on any atom is -0.411 e. The second kappa shape index (κ2) is 9.77. The summed E-state index contributed by atoms with van der Waals surface area (Å²) in [6.07, 6.45) is 2.94. The van der Waals surface area contributed by atoms with E-state index in [-0.39, 0.29) is 5.91 Å². The average molecular weight is 467 g/mol. The van der Waals surface area contributed by atoms with Gasteiger partial charge in [-0.05, 0) is 65.9 Å². The van der Waals surface area contributed by atoms with Gasteiger partial charge in [-0.3, -0.25) is 4.79 Å².